The minimum atomic E-state index is -4.09. The number of urea groups is 1. The quantitative estimate of drug-likeness (QED) is 0.511. The number of nitrogens with one attached hydrogen (secondary N) is 3. The largest absolute Gasteiger partial charge is 0.465 e. The second-order valence-corrected chi connectivity index (χ2v) is 8.27. The molecule has 2 amide bonds. The maximum Gasteiger partial charge on any atom is 0.349 e. The van der Waals surface area contributed by atoms with Gasteiger partial charge in [-0.2, -0.15) is 0 Å². The molecule has 8 nitrogen and oxygen atoms in total. The summed E-state index contributed by atoms with van der Waals surface area (Å²) < 4.78 is 32.6. The molecule has 0 atom stereocenters. The number of esters is 1. The maximum atomic E-state index is 12.8. The zero-order valence-corrected chi connectivity index (χ0v) is 16.8. The van der Waals surface area contributed by atoms with Crippen LogP contribution in [0.5, 0.6) is 0 Å². The molecule has 3 rings (SSSR count). The molecule has 1 aromatic heterocycles. The highest BCUT2D eigenvalue weighted by Crippen LogP contribution is 2.28. The van der Waals surface area contributed by atoms with Crippen LogP contribution in [-0.2, 0) is 14.8 Å². The molecule has 0 aliphatic rings. The standard InChI is InChI=1S/C19H17N3O5S2/c1-27-18(23)17-16(11-12-28-17)29(25,26)22-15-10-6-5-9-14(15)21-19(24)20-13-7-3-2-4-8-13/h2-12,22H,1H3,(H2,20,21,24). The molecule has 10 heteroatoms. The lowest BCUT2D eigenvalue weighted by Gasteiger charge is -2.14. The van der Waals surface area contributed by atoms with Gasteiger partial charge in [-0.3, -0.25) is 4.72 Å². The molecule has 0 saturated heterocycles. The van der Waals surface area contributed by atoms with Crippen LogP contribution in [0.4, 0.5) is 21.9 Å². The van der Waals surface area contributed by atoms with Gasteiger partial charge in [0.2, 0.25) is 0 Å². The Hall–Kier alpha value is -3.37. The average Bonchev–Trinajstić information content (AvgIpc) is 3.20. The van der Waals surface area contributed by atoms with Crippen LogP contribution in [0, 0.1) is 0 Å². The van der Waals surface area contributed by atoms with E-state index in [4.69, 9.17) is 0 Å². The van der Waals surface area contributed by atoms with Gasteiger partial charge < -0.3 is 15.4 Å². The number of para-hydroxylation sites is 3. The van der Waals surface area contributed by atoms with E-state index in [-0.39, 0.29) is 21.1 Å². The Balaban J connectivity index is 1.81. The minimum absolute atomic E-state index is 0.0349. The molecule has 0 saturated carbocycles. The number of rotatable bonds is 6. The van der Waals surface area contributed by atoms with Crippen molar-refractivity contribution in [2.24, 2.45) is 0 Å². The Morgan fingerprint density at radius 3 is 2.24 bits per heavy atom. The fraction of sp³-hybridized carbons (Fsp3) is 0.0526. The monoisotopic (exact) mass is 431 g/mol. The first-order chi connectivity index (χ1) is 13.9. The number of thiophene rings is 1. The highest BCUT2D eigenvalue weighted by atomic mass is 32.2. The number of sulfonamides is 1. The van der Waals surface area contributed by atoms with Gasteiger partial charge in [-0.1, -0.05) is 30.3 Å². The van der Waals surface area contributed by atoms with Crippen LogP contribution in [0.1, 0.15) is 9.67 Å². The number of benzene rings is 2. The Morgan fingerprint density at radius 1 is 0.897 bits per heavy atom. The van der Waals surface area contributed by atoms with Crippen LogP contribution in [0.3, 0.4) is 0 Å². The van der Waals surface area contributed by atoms with E-state index in [1.165, 1.54) is 24.6 Å². The molecule has 2 aromatic carbocycles. The summed E-state index contributed by atoms with van der Waals surface area (Å²) in [5, 5.41) is 6.75. The third-order valence-electron chi connectivity index (χ3n) is 3.74. The van der Waals surface area contributed by atoms with Gasteiger partial charge in [-0.25, -0.2) is 18.0 Å². The van der Waals surface area contributed by atoms with Gasteiger partial charge in [0.25, 0.3) is 10.0 Å². The number of ether oxygens (including phenoxy) is 1. The summed E-state index contributed by atoms with van der Waals surface area (Å²) in [4.78, 5) is 23.8. The molecule has 0 aliphatic heterocycles. The summed E-state index contributed by atoms with van der Waals surface area (Å²) in [6.07, 6.45) is 0. The van der Waals surface area contributed by atoms with Gasteiger partial charge >= 0.3 is 12.0 Å². The van der Waals surface area contributed by atoms with Crippen molar-refractivity contribution >= 4 is 50.4 Å². The second-order valence-electron chi connectivity index (χ2n) is 5.70. The maximum absolute atomic E-state index is 12.8. The van der Waals surface area contributed by atoms with Crippen molar-refractivity contribution in [2.45, 2.75) is 4.90 Å². The van der Waals surface area contributed by atoms with Gasteiger partial charge in [0.1, 0.15) is 9.77 Å². The minimum Gasteiger partial charge on any atom is -0.465 e. The fourth-order valence-corrected chi connectivity index (χ4v) is 4.85. The first-order valence-corrected chi connectivity index (χ1v) is 10.7. The van der Waals surface area contributed by atoms with Gasteiger partial charge in [0.05, 0.1) is 18.5 Å². The molecule has 0 bridgehead atoms. The first-order valence-electron chi connectivity index (χ1n) is 8.31. The van der Waals surface area contributed by atoms with Gasteiger partial charge in [0, 0.05) is 5.69 Å². The third-order valence-corrected chi connectivity index (χ3v) is 6.17. The van der Waals surface area contributed by atoms with E-state index in [1.54, 1.807) is 42.5 Å². The lowest BCUT2D eigenvalue weighted by molar-refractivity contribution is 0.0602. The van der Waals surface area contributed by atoms with Crippen molar-refractivity contribution in [2.75, 3.05) is 22.5 Å². The lowest BCUT2D eigenvalue weighted by atomic mass is 10.3. The highest BCUT2D eigenvalue weighted by Gasteiger charge is 2.25. The summed E-state index contributed by atoms with van der Waals surface area (Å²) in [6.45, 7) is 0. The molecule has 29 heavy (non-hydrogen) atoms. The summed E-state index contributed by atoms with van der Waals surface area (Å²) in [5.74, 6) is -0.742. The van der Waals surface area contributed by atoms with Crippen molar-refractivity contribution in [3.8, 4) is 0 Å². The van der Waals surface area contributed by atoms with Gasteiger partial charge in [-0.15, -0.1) is 11.3 Å². The number of hydrogen-bond acceptors (Lipinski definition) is 6. The Morgan fingerprint density at radius 2 is 1.55 bits per heavy atom. The van der Waals surface area contributed by atoms with Crippen molar-refractivity contribution in [3.63, 3.8) is 0 Å². The van der Waals surface area contributed by atoms with E-state index in [1.807, 2.05) is 6.07 Å². The Kier molecular flexibility index (Phi) is 6.15. The van der Waals surface area contributed by atoms with Gasteiger partial charge in [-0.05, 0) is 35.7 Å². The predicted molar refractivity (Wildman–Crippen MR) is 112 cm³/mol. The molecule has 0 radical (unpaired) electrons. The average molecular weight is 431 g/mol. The molecule has 150 valence electrons. The normalized spacial score (nSPS) is 10.8. The Labute approximate surface area is 171 Å². The number of carbonyl (C=O) groups is 2. The van der Waals surface area contributed by atoms with Crippen LogP contribution in [0.15, 0.2) is 70.9 Å². The number of anilines is 3. The van der Waals surface area contributed by atoms with Crippen molar-refractivity contribution in [1.29, 1.82) is 0 Å². The topological polar surface area (TPSA) is 114 Å². The molecular weight excluding hydrogens is 414 g/mol. The zero-order valence-electron chi connectivity index (χ0n) is 15.2. The highest BCUT2D eigenvalue weighted by molar-refractivity contribution is 7.93. The van der Waals surface area contributed by atoms with Crippen LogP contribution in [0.25, 0.3) is 0 Å². The molecule has 0 aliphatic carbocycles. The van der Waals surface area contributed by atoms with Gasteiger partial charge in [0.15, 0.2) is 0 Å². The van der Waals surface area contributed by atoms with Crippen molar-refractivity contribution in [3.05, 3.63) is 70.9 Å². The van der Waals surface area contributed by atoms with E-state index in [9.17, 15) is 18.0 Å². The predicted octanol–water partition coefficient (Wildman–Crippen LogP) is 3.98. The number of carbonyl (C=O) groups excluding carboxylic acids is 2. The van der Waals surface area contributed by atoms with Crippen molar-refractivity contribution < 1.29 is 22.7 Å². The lowest BCUT2D eigenvalue weighted by Crippen LogP contribution is -2.21. The molecule has 3 aromatic rings. The van der Waals surface area contributed by atoms with Crippen LogP contribution in [-0.4, -0.2) is 27.5 Å². The number of hydrogen-bond donors (Lipinski definition) is 3. The van der Waals surface area contributed by atoms with Crippen LogP contribution < -0.4 is 15.4 Å². The fourth-order valence-electron chi connectivity index (χ4n) is 2.44. The molecule has 0 spiro atoms. The van der Waals surface area contributed by atoms with E-state index < -0.39 is 22.0 Å². The third kappa shape index (κ3) is 4.92. The second kappa shape index (κ2) is 8.76. The summed E-state index contributed by atoms with van der Waals surface area (Å²) >= 11 is 0.962. The smallest absolute Gasteiger partial charge is 0.349 e. The van der Waals surface area contributed by atoms with E-state index in [0.29, 0.717) is 5.69 Å². The molecule has 3 N–H and O–H groups in total. The van der Waals surface area contributed by atoms with E-state index in [0.717, 1.165) is 11.3 Å². The van der Waals surface area contributed by atoms with Crippen LogP contribution in [0.2, 0.25) is 0 Å². The summed E-state index contributed by atoms with van der Waals surface area (Å²) in [5.41, 5.74) is 0.987. The van der Waals surface area contributed by atoms with E-state index >= 15 is 0 Å². The number of amides is 2. The molecule has 0 fully saturated rings. The van der Waals surface area contributed by atoms with E-state index in [2.05, 4.69) is 20.1 Å². The number of methoxy groups -OCH3 is 1. The molecule has 0 unspecified atom stereocenters. The first kappa shape index (κ1) is 20.4. The van der Waals surface area contributed by atoms with Crippen molar-refractivity contribution in [1.82, 2.24) is 0 Å². The SMILES string of the molecule is COC(=O)c1sccc1S(=O)(=O)Nc1ccccc1NC(=O)Nc1ccccc1. The van der Waals surface area contributed by atoms with Crippen LogP contribution >= 0.6 is 11.3 Å². The zero-order chi connectivity index (χ0) is 20.9. The summed E-state index contributed by atoms with van der Waals surface area (Å²) in [6, 6.07) is 15.9. The molecule has 1 heterocycles. The molecular formula is C19H17N3O5S2. The Bertz CT molecular complexity index is 1130. The summed E-state index contributed by atoms with van der Waals surface area (Å²) in [7, 11) is -2.91.